The molecule has 0 radical (unpaired) electrons. The smallest absolute Gasteiger partial charge is 0.308 e. The predicted molar refractivity (Wildman–Crippen MR) is 87.4 cm³/mol. The molecule has 2 N–H and O–H groups in total. The molecule has 4 aliphatic carbocycles. The number of hydrogen-bond donors (Lipinski definition) is 2. The van der Waals surface area contributed by atoms with Gasteiger partial charge in [-0.25, -0.2) is 0 Å². The highest BCUT2D eigenvalue weighted by Crippen LogP contribution is 2.79. The number of carbonyl (C=O) groups is 2. The van der Waals surface area contributed by atoms with Crippen LogP contribution in [0, 0.1) is 17.3 Å². The summed E-state index contributed by atoms with van der Waals surface area (Å²) in [6.07, 6.45) is 4.30. The van der Waals surface area contributed by atoms with Crippen molar-refractivity contribution in [1.29, 1.82) is 0 Å². The van der Waals surface area contributed by atoms with E-state index in [0.717, 1.165) is 12.8 Å². The van der Waals surface area contributed by atoms with Crippen LogP contribution in [0.5, 0.6) is 0 Å². The van der Waals surface area contributed by atoms with Crippen LogP contribution in [0.4, 0.5) is 0 Å². The molecule has 0 aromatic rings. The summed E-state index contributed by atoms with van der Waals surface area (Å²) in [6, 6.07) is 0. The topological polar surface area (TPSA) is 93.1 Å². The van der Waals surface area contributed by atoms with Crippen LogP contribution in [-0.2, 0) is 19.1 Å². The van der Waals surface area contributed by atoms with Crippen molar-refractivity contribution in [3.8, 4) is 0 Å². The Morgan fingerprint density at radius 1 is 1.12 bits per heavy atom. The lowest BCUT2D eigenvalue weighted by Gasteiger charge is -2.55. The van der Waals surface area contributed by atoms with Gasteiger partial charge in [-0.15, -0.1) is 0 Å². The van der Waals surface area contributed by atoms with E-state index < -0.39 is 16.8 Å². The third-order valence-electron chi connectivity index (χ3n) is 7.04. The molecule has 1 spiro atoms. The average molecular weight is 352 g/mol. The van der Waals surface area contributed by atoms with Gasteiger partial charge < -0.3 is 19.7 Å². The lowest BCUT2D eigenvalue weighted by molar-refractivity contribution is -0.182. The molecule has 0 aromatic heterocycles. The first-order valence-electron chi connectivity index (χ1n) is 9.44. The molecule has 4 saturated carbocycles. The largest absolute Gasteiger partial charge is 0.465 e. The van der Waals surface area contributed by atoms with Gasteiger partial charge in [0.15, 0.2) is 0 Å². The number of hydrogen-bond acceptors (Lipinski definition) is 6. The molecule has 25 heavy (non-hydrogen) atoms. The third kappa shape index (κ3) is 2.44. The molecule has 4 rings (SSSR count). The van der Waals surface area contributed by atoms with E-state index in [9.17, 15) is 19.8 Å². The molecule has 0 amide bonds. The van der Waals surface area contributed by atoms with Crippen molar-refractivity contribution in [3.63, 3.8) is 0 Å². The van der Waals surface area contributed by atoms with Crippen molar-refractivity contribution < 1.29 is 29.3 Å². The summed E-state index contributed by atoms with van der Waals surface area (Å²) >= 11 is 0. The molecule has 6 nitrogen and oxygen atoms in total. The summed E-state index contributed by atoms with van der Waals surface area (Å²) in [5.74, 6) is -0.374. The Bertz CT molecular complexity index is 617. The maximum atomic E-state index is 12.3. The van der Waals surface area contributed by atoms with E-state index >= 15 is 0 Å². The SMILES string of the molecule is CC(C)C(=O)OCCCC(=O)OC12CC3CC4(O)CC(O)(C1)CC34C2. The Balaban J connectivity index is 1.33. The standard InChI is InChI=1S/C19H28O6/c1-12(2)15(21)24-5-3-4-14(20)25-17-6-13-7-19(23)10-16(22,8-17)9-18(13,19)11-17/h12-13,22-23H,3-11H2,1-2H3. The first kappa shape index (κ1) is 17.3. The lowest BCUT2D eigenvalue weighted by Crippen LogP contribution is -2.57. The number of rotatable bonds is 6. The first-order chi connectivity index (χ1) is 11.6. The second kappa shape index (κ2) is 5.19. The summed E-state index contributed by atoms with van der Waals surface area (Å²) in [6.45, 7) is 3.76. The molecule has 0 aliphatic heterocycles. The normalized spacial score (nSPS) is 46.0. The van der Waals surface area contributed by atoms with Gasteiger partial charge in [-0.3, -0.25) is 9.59 Å². The van der Waals surface area contributed by atoms with Crippen molar-refractivity contribution in [2.45, 2.75) is 82.0 Å². The van der Waals surface area contributed by atoms with Gasteiger partial charge in [0.1, 0.15) is 5.60 Å². The van der Waals surface area contributed by atoms with Crippen molar-refractivity contribution in [1.82, 2.24) is 0 Å². The number of ether oxygens (including phenoxy) is 2. The number of aliphatic hydroxyl groups is 2. The molecule has 0 aromatic carbocycles. The minimum atomic E-state index is -0.897. The van der Waals surface area contributed by atoms with Crippen LogP contribution in [0.3, 0.4) is 0 Å². The van der Waals surface area contributed by atoms with E-state index in [-0.39, 0.29) is 36.3 Å². The van der Waals surface area contributed by atoms with Gasteiger partial charge in [0.05, 0.1) is 23.7 Å². The maximum Gasteiger partial charge on any atom is 0.308 e. The Hall–Kier alpha value is -1.14. The molecule has 6 heteroatoms. The van der Waals surface area contributed by atoms with Crippen LogP contribution >= 0.6 is 0 Å². The van der Waals surface area contributed by atoms with Crippen LogP contribution in [0.2, 0.25) is 0 Å². The highest BCUT2D eigenvalue weighted by atomic mass is 16.6. The molecular formula is C19H28O6. The molecule has 3 bridgehead atoms. The second-order valence-electron chi connectivity index (χ2n) is 9.31. The van der Waals surface area contributed by atoms with Gasteiger partial charge in [-0.05, 0) is 38.0 Å². The molecule has 4 aliphatic rings. The van der Waals surface area contributed by atoms with Gasteiger partial charge >= 0.3 is 11.9 Å². The fourth-order valence-corrected chi connectivity index (χ4v) is 6.36. The molecule has 0 heterocycles. The Labute approximate surface area is 147 Å². The third-order valence-corrected chi connectivity index (χ3v) is 7.04. The van der Waals surface area contributed by atoms with Crippen LogP contribution in [0.25, 0.3) is 0 Å². The molecule has 5 unspecified atom stereocenters. The highest BCUT2D eigenvalue weighted by Gasteiger charge is 2.82. The minimum absolute atomic E-state index is 0.170. The van der Waals surface area contributed by atoms with Gasteiger partial charge in [0.25, 0.3) is 0 Å². The fraction of sp³-hybridized carbons (Fsp3) is 0.895. The summed E-state index contributed by atoms with van der Waals surface area (Å²) < 4.78 is 10.9. The monoisotopic (exact) mass is 352 g/mol. The average Bonchev–Trinajstić information content (AvgIpc) is 2.75. The zero-order valence-electron chi connectivity index (χ0n) is 15.0. The highest BCUT2D eigenvalue weighted by molar-refractivity contribution is 5.72. The van der Waals surface area contributed by atoms with Crippen LogP contribution < -0.4 is 0 Å². The maximum absolute atomic E-state index is 12.3. The zero-order valence-corrected chi connectivity index (χ0v) is 15.0. The van der Waals surface area contributed by atoms with Gasteiger partial charge in [-0.2, -0.15) is 0 Å². The van der Waals surface area contributed by atoms with Crippen LogP contribution in [0.1, 0.15) is 65.2 Å². The van der Waals surface area contributed by atoms with Crippen LogP contribution in [-0.4, -0.2) is 45.6 Å². The van der Waals surface area contributed by atoms with Crippen molar-refractivity contribution in [3.05, 3.63) is 0 Å². The van der Waals surface area contributed by atoms with E-state index in [1.165, 1.54) is 0 Å². The van der Waals surface area contributed by atoms with Crippen molar-refractivity contribution >= 4 is 11.9 Å². The van der Waals surface area contributed by atoms with E-state index in [4.69, 9.17) is 9.47 Å². The zero-order chi connectivity index (χ0) is 18.1. The van der Waals surface area contributed by atoms with Crippen molar-refractivity contribution in [2.24, 2.45) is 17.3 Å². The summed E-state index contributed by atoms with van der Waals surface area (Å²) in [4.78, 5) is 23.7. The van der Waals surface area contributed by atoms with Gasteiger partial charge in [0, 0.05) is 24.7 Å². The molecule has 5 atom stereocenters. The van der Waals surface area contributed by atoms with Gasteiger partial charge in [-0.1, -0.05) is 13.8 Å². The van der Waals surface area contributed by atoms with Crippen molar-refractivity contribution in [2.75, 3.05) is 6.61 Å². The fourth-order valence-electron chi connectivity index (χ4n) is 6.36. The van der Waals surface area contributed by atoms with E-state index in [0.29, 0.717) is 38.0 Å². The second-order valence-corrected chi connectivity index (χ2v) is 9.31. The number of fused-ring (bicyclic) bond motifs is 2. The van der Waals surface area contributed by atoms with Crippen LogP contribution in [0.15, 0.2) is 0 Å². The molecule has 140 valence electrons. The Morgan fingerprint density at radius 2 is 1.88 bits per heavy atom. The Kier molecular flexibility index (Phi) is 3.59. The quantitative estimate of drug-likeness (QED) is 0.558. The van der Waals surface area contributed by atoms with E-state index in [1.54, 1.807) is 13.8 Å². The summed E-state index contributed by atoms with van der Waals surface area (Å²) in [5.41, 5.74) is -2.52. The Morgan fingerprint density at radius 3 is 2.60 bits per heavy atom. The first-order valence-corrected chi connectivity index (χ1v) is 9.44. The lowest BCUT2D eigenvalue weighted by atomic mass is 9.53. The summed E-state index contributed by atoms with van der Waals surface area (Å²) in [5, 5.41) is 21.7. The summed E-state index contributed by atoms with van der Waals surface area (Å²) in [7, 11) is 0. The molecule has 0 saturated heterocycles. The van der Waals surface area contributed by atoms with E-state index in [2.05, 4.69) is 0 Å². The number of esters is 2. The van der Waals surface area contributed by atoms with E-state index in [1.807, 2.05) is 0 Å². The minimum Gasteiger partial charge on any atom is -0.465 e. The number of carbonyl (C=O) groups excluding carboxylic acids is 2. The molecular weight excluding hydrogens is 324 g/mol. The predicted octanol–water partition coefficient (Wildman–Crippen LogP) is 1.71. The molecule has 4 fully saturated rings. The van der Waals surface area contributed by atoms with Gasteiger partial charge in [0.2, 0.25) is 0 Å².